The second-order valence-electron chi connectivity index (χ2n) is 5.70. The van der Waals surface area contributed by atoms with E-state index < -0.39 is 0 Å². The molecule has 0 aromatic rings. The summed E-state index contributed by atoms with van der Waals surface area (Å²) in [7, 11) is 0. The van der Waals surface area contributed by atoms with Gasteiger partial charge in [-0.1, -0.05) is 13.3 Å². The van der Waals surface area contributed by atoms with E-state index in [-0.39, 0.29) is 6.10 Å². The highest BCUT2D eigenvalue weighted by Gasteiger charge is 2.23. The van der Waals surface area contributed by atoms with E-state index in [4.69, 9.17) is 0 Å². The van der Waals surface area contributed by atoms with Gasteiger partial charge in [0.05, 0.1) is 6.10 Å². The molecule has 0 bridgehead atoms. The molecular weight excluding hydrogens is 186 g/mol. The molecule has 2 atom stereocenters. The van der Waals surface area contributed by atoms with Crippen LogP contribution in [0.25, 0.3) is 0 Å². The molecule has 88 valence electrons. The van der Waals surface area contributed by atoms with Gasteiger partial charge in [0.2, 0.25) is 0 Å². The van der Waals surface area contributed by atoms with Crippen LogP contribution in [-0.2, 0) is 0 Å². The molecular formula is C13H25NO. The number of aliphatic hydroxyl groups is 1. The minimum absolute atomic E-state index is 0.0189. The summed E-state index contributed by atoms with van der Waals surface area (Å²) in [5.74, 6) is 1.87. The first-order valence-corrected chi connectivity index (χ1v) is 6.65. The minimum Gasteiger partial charge on any atom is -0.393 e. The second-order valence-corrected chi connectivity index (χ2v) is 5.70. The maximum atomic E-state index is 9.41. The Balaban J connectivity index is 1.61. The van der Waals surface area contributed by atoms with Crippen LogP contribution in [0.15, 0.2) is 0 Å². The van der Waals surface area contributed by atoms with E-state index in [1.807, 2.05) is 0 Å². The summed E-state index contributed by atoms with van der Waals surface area (Å²) < 4.78 is 0. The van der Waals surface area contributed by atoms with Crippen LogP contribution in [0.5, 0.6) is 0 Å². The largest absolute Gasteiger partial charge is 0.393 e. The van der Waals surface area contributed by atoms with Gasteiger partial charge in [-0.2, -0.15) is 0 Å². The highest BCUT2D eigenvalue weighted by Crippen LogP contribution is 2.30. The Morgan fingerprint density at radius 3 is 2.40 bits per heavy atom. The number of aliphatic hydroxyl groups excluding tert-OH is 1. The van der Waals surface area contributed by atoms with Gasteiger partial charge in [-0.05, 0) is 56.9 Å². The molecule has 2 heteroatoms. The van der Waals surface area contributed by atoms with E-state index >= 15 is 0 Å². The Hall–Kier alpha value is -0.0800. The molecule has 2 rings (SSSR count). The van der Waals surface area contributed by atoms with E-state index in [9.17, 15) is 5.11 Å². The Bertz CT molecular complexity index is 187. The smallest absolute Gasteiger partial charge is 0.0541 e. The van der Waals surface area contributed by atoms with Crippen molar-refractivity contribution < 1.29 is 5.11 Å². The van der Waals surface area contributed by atoms with Crippen LogP contribution >= 0.6 is 0 Å². The van der Waals surface area contributed by atoms with Gasteiger partial charge in [-0.25, -0.2) is 0 Å². The van der Waals surface area contributed by atoms with Crippen molar-refractivity contribution >= 4 is 0 Å². The summed E-state index contributed by atoms with van der Waals surface area (Å²) in [5.41, 5.74) is 0. The third kappa shape index (κ3) is 3.46. The molecule has 2 fully saturated rings. The Morgan fingerprint density at radius 1 is 1.07 bits per heavy atom. The summed E-state index contributed by atoms with van der Waals surface area (Å²) in [6.45, 7) is 3.59. The Kier molecular flexibility index (Phi) is 4.04. The van der Waals surface area contributed by atoms with Crippen LogP contribution in [0.3, 0.4) is 0 Å². The lowest BCUT2D eigenvalue weighted by Crippen LogP contribution is -2.37. The molecule has 2 aliphatic rings. The monoisotopic (exact) mass is 211 g/mol. The highest BCUT2D eigenvalue weighted by atomic mass is 16.3. The molecule has 15 heavy (non-hydrogen) atoms. The SMILES string of the molecule is CC1CCC(CNC2CCC(O)CC2)C1. The average Bonchev–Trinajstić information content (AvgIpc) is 2.64. The van der Waals surface area contributed by atoms with Crippen LogP contribution < -0.4 is 5.32 Å². The lowest BCUT2D eigenvalue weighted by atomic mass is 9.92. The average molecular weight is 211 g/mol. The molecule has 2 nitrogen and oxygen atoms in total. The molecule has 0 heterocycles. The standard InChI is InChI=1S/C13H25NO/c1-10-2-3-11(8-10)9-14-12-4-6-13(15)7-5-12/h10-15H,2-9H2,1H3. The summed E-state index contributed by atoms with van der Waals surface area (Å²) in [6.07, 6.45) is 8.58. The van der Waals surface area contributed by atoms with Crippen LogP contribution in [0, 0.1) is 11.8 Å². The van der Waals surface area contributed by atoms with Crippen molar-refractivity contribution in [1.82, 2.24) is 5.32 Å². The van der Waals surface area contributed by atoms with Crippen LogP contribution in [-0.4, -0.2) is 23.8 Å². The molecule has 0 radical (unpaired) electrons. The summed E-state index contributed by atoms with van der Waals surface area (Å²) >= 11 is 0. The van der Waals surface area contributed by atoms with Crippen molar-refractivity contribution in [2.45, 2.75) is 64.0 Å². The molecule has 0 aromatic heterocycles. The highest BCUT2D eigenvalue weighted by molar-refractivity contribution is 4.80. The molecule has 2 N–H and O–H groups in total. The van der Waals surface area contributed by atoms with Gasteiger partial charge in [-0.15, -0.1) is 0 Å². The summed E-state index contributed by atoms with van der Waals surface area (Å²) in [4.78, 5) is 0. The first-order valence-electron chi connectivity index (χ1n) is 6.65. The second kappa shape index (κ2) is 5.31. The molecule has 2 aliphatic carbocycles. The molecule has 2 unspecified atom stereocenters. The van der Waals surface area contributed by atoms with Gasteiger partial charge in [0.25, 0.3) is 0 Å². The number of rotatable bonds is 3. The van der Waals surface area contributed by atoms with E-state index in [0.717, 1.165) is 24.7 Å². The first kappa shape index (κ1) is 11.4. The molecule has 0 amide bonds. The fourth-order valence-electron chi connectivity index (χ4n) is 3.12. The van der Waals surface area contributed by atoms with Gasteiger partial charge in [-0.3, -0.25) is 0 Å². The van der Waals surface area contributed by atoms with Crippen LogP contribution in [0.2, 0.25) is 0 Å². The van der Waals surface area contributed by atoms with Crippen molar-refractivity contribution in [3.8, 4) is 0 Å². The van der Waals surface area contributed by atoms with Gasteiger partial charge in [0.1, 0.15) is 0 Å². The van der Waals surface area contributed by atoms with Crippen molar-refractivity contribution in [2.24, 2.45) is 11.8 Å². The van der Waals surface area contributed by atoms with Gasteiger partial charge >= 0.3 is 0 Å². The number of nitrogens with one attached hydrogen (secondary N) is 1. The van der Waals surface area contributed by atoms with Crippen molar-refractivity contribution in [2.75, 3.05) is 6.54 Å². The zero-order valence-corrected chi connectivity index (χ0v) is 9.91. The normalized spacial score (nSPS) is 42.0. The Labute approximate surface area is 93.5 Å². The molecule has 0 aliphatic heterocycles. The van der Waals surface area contributed by atoms with E-state index in [1.165, 1.54) is 38.6 Å². The fraction of sp³-hybridized carbons (Fsp3) is 1.00. The van der Waals surface area contributed by atoms with Gasteiger partial charge < -0.3 is 10.4 Å². The maximum Gasteiger partial charge on any atom is 0.0541 e. The number of hydrogen-bond acceptors (Lipinski definition) is 2. The molecule has 0 saturated heterocycles. The van der Waals surface area contributed by atoms with E-state index in [1.54, 1.807) is 0 Å². The predicted octanol–water partition coefficient (Wildman–Crippen LogP) is 2.32. The summed E-state index contributed by atoms with van der Waals surface area (Å²) in [6, 6.07) is 0.685. The van der Waals surface area contributed by atoms with Crippen LogP contribution in [0.1, 0.15) is 51.9 Å². The predicted molar refractivity (Wildman–Crippen MR) is 62.8 cm³/mol. The molecule has 0 aromatic carbocycles. The fourth-order valence-corrected chi connectivity index (χ4v) is 3.12. The topological polar surface area (TPSA) is 32.3 Å². The van der Waals surface area contributed by atoms with Gasteiger partial charge in [0, 0.05) is 6.04 Å². The van der Waals surface area contributed by atoms with E-state index in [2.05, 4.69) is 12.2 Å². The van der Waals surface area contributed by atoms with Crippen molar-refractivity contribution in [3.05, 3.63) is 0 Å². The number of hydrogen-bond donors (Lipinski definition) is 2. The minimum atomic E-state index is -0.0189. The van der Waals surface area contributed by atoms with Gasteiger partial charge in [0.15, 0.2) is 0 Å². The van der Waals surface area contributed by atoms with E-state index in [0.29, 0.717) is 6.04 Å². The Morgan fingerprint density at radius 2 is 1.80 bits per heavy atom. The molecule has 0 spiro atoms. The lowest BCUT2D eigenvalue weighted by molar-refractivity contribution is 0.116. The van der Waals surface area contributed by atoms with Crippen molar-refractivity contribution in [3.63, 3.8) is 0 Å². The van der Waals surface area contributed by atoms with Crippen molar-refractivity contribution in [1.29, 1.82) is 0 Å². The zero-order valence-electron chi connectivity index (χ0n) is 9.91. The maximum absolute atomic E-state index is 9.41. The lowest BCUT2D eigenvalue weighted by Gasteiger charge is -2.27. The first-order chi connectivity index (χ1) is 7.24. The van der Waals surface area contributed by atoms with Crippen LogP contribution in [0.4, 0.5) is 0 Å². The zero-order chi connectivity index (χ0) is 10.7. The quantitative estimate of drug-likeness (QED) is 0.751. The molecule has 2 saturated carbocycles. The third-order valence-corrected chi connectivity index (χ3v) is 4.20. The third-order valence-electron chi connectivity index (χ3n) is 4.20. The summed E-state index contributed by atoms with van der Waals surface area (Å²) in [5, 5.41) is 13.1.